The molecule has 454 valence electrons. The summed E-state index contributed by atoms with van der Waals surface area (Å²) in [4.78, 5) is -7.94. The van der Waals surface area contributed by atoms with E-state index in [1.165, 1.54) is 62.4 Å². The van der Waals surface area contributed by atoms with E-state index < -0.39 is 149 Å². The second-order valence-electron chi connectivity index (χ2n) is 20.6. The lowest BCUT2D eigenvalue weighted by atomic mass is 9.97. The van der Waals surface area contributed by atoms with Crippen LogP contribution in [0.1, 0.15) is 56.6 Å². The zero-order chi connectivity index (χ0) is 63.6. The zero-order valence-corrected chi connectivity index (χ0v) is 54.5. The van der Waals surface area contributed by atoms with Gasteiger partial charge in [0, 0.05) is 9.49 Å². The molecule has 0 fully saturated rings. The number of halogens is 1. The van der Waals surface area contributed by atoms with Gasteiger partial charge in [0.15, 0.2) is 0 Å². The van der Waals surface area contributed by atoms with Crippen LogP contribution in [0, 0.1) is 0 Å². The van der Waals surface area contributed by atoms with Crippen LogP contribution >= 0.6 is 22.6 Å². The lowest BCUT2D eigenvalue weighted by molar-refractivity contribution is 0.104. The third kappa shape index (κ3) is 13.7. The van der Waals surface area contributed by atoms with Crippen molar-refractivity contribution in [1.29, 1.82) is 0 Å². The molecule has 0 bridgehead atoms. The number of sulfone groups is 6. The Kier molecular flexibility index (Phi) is 17.8. The van der Waals surface area contributed by atoms with Crippen molar-refractivity contribution < 1.29 is 85.9 Å². The van der Waals surface area contributed by atoms with E-state index in [0.717, 1.165) is 109 Å². The Hall–Kier alpha value is -6.39. The summed E-state index contributed by atoms with van der Waals surface area (Å²) in [6, 6.07) is 31.4. The number of rotatable bonds is 19. The zero-order valence-electron chi connectivity index (χ0n) is 45.8. The molecule has 0 saturated heterocycles. The Bertz CT molecular complexity index is 4720. The average molecular weight is 1440 g/mol. The largest absolute Gasteiger partial charge is 0.488 e. The molecule has 0 amide bonds. The first-order chi connectivity index (χ1) is 39.6. The highest BCUT2D eigenvalue weighted by Crippen LogP contribution is 2.41. The average Bonchev–Trinajstić information content (AvgIpc) is 0.957. The molecule has 0 heterocycles. The van der Waals surface area contributed by atoms with Crippen molar-refractivity contribution in [2.75, 3.05) is 0 Å². The number of benzene rings is 8. The second kappa shape index (κ2) is 23.3. The van der Waals surface area contributed by atoms with Crippen LogP contribution < -0.4 is 9.47 Å². The molecule has 0 aliphatic carbocycles. The summed E-state index contributed by atoms with van der Waals surface area (Å²) < 4.78 is 250. The molecular weight excluding hydrogens is 1390 g/mol. The number of hydrogen-bond acceptors (Lipinski definition) is 18. The molecular formula is C57H51IO20S8. The fourth-order valence-corrected chi connectivity index (χ4v) is 18.3. The van der Waals surface area contributed by atoms with Gasteiger partial charge in [-0.25, -0.2) is 50.5 Å². The SMILES string of the molecule is CC(I)c1ccc(S(=O)(=O)c2ccc(OC(C)(C)c3ccc(OC(C)(C)C)cc3S(=O)(=O)c3cc(S(=O)(=O)c4ccc(S(=O)(=O)c5ccc(S(=O)(=O)O)cc5)cc4)cc(S(=O)(=O)c4ccc(S(=O)(=O)c5ccc(S(=O)(=O)O)cc5)cc4)c3)cc2)cc1. The van der Waals surface area contributed by atoms with Gasteiger partial charge in [0.2, 0.25) is 59.0 Å². The van der Waals surface area contributed by atoms with Gasteiger partial charge in [-0.1, -0.05) is 40.8 Å². The Morgan fingerprint density at radius 3 is 0.872 bits per heavy atom. The molecule has 8 aromatic carbocycles. The quantitative estimate of drug-likeness (QED) is 0.0432. The van der Waals surface area contributed by atoms with E-state index in [-0.39, 0.29) is 30.8 Å². The third-order valence-electron chi connectivity index (χ3n) is 13.0. The van der Waals surface area contributed by atoms with E-state index in [4.69, 9.17) is 9.47 Å². The van der Waals surface area contributed by atoms with E-state index in [9.17, 15) is 68.0 Å². The molecule has 0 aliphatic heterocycles. The molecule has 86 heavy (non-hydrogen) atoms. The van der Waals surface area contributed by atoms with Gasteiger partial charge in [-0.15, -0.1) is 0 Å². The summed E-state index contributed by atoms with van der Waals surface area (Å²) in [7, 11) is -37.8. The minimum Gasteiger partial charge on any atom is -0.488 e. The maximum atomic E-state index is 15.6. The van der Waals surface area contributed by atoms with Crippen LogP contribution in [-0.2, 0) is 84.9 Å². The van der Waals surface area contributed by atoms with Crippen LogP contribution in [0.2, 0.25) is 0 Å². The molecule has 0 radical (unpaired) electrons. The molecule has 0 saturated carbocycles. The Balaban J connectivity index is 1.25. The monoisotopic (exact) mass is 1440 g/mol. The van der Waals surface area contributed by atoms with Gasteiger partial charge in [-0.2, -0.15) is 16.8 Å². The molecule has 8 rings (SSSR count). The molecule has 20 nitrogen and oxygen atoms in total. The summed E-state index contributed by atoms with van der Waals surface area (Å²) in [6.45, 7) is 9.95. The highest BCUT2D eigenvalue weighted by Gasteiger charge is 2.36. The van der Waals surface area contributed by atoms with Crippen LogP contribution in [0.25, 0.3) is 0 Å². The molecule has 29 heteroatoms. The van der Waals surface area contributed by atoms with E-state index in [1.807, 2.05) is 6.92 Å². The molecule has 1 atom stereocenters. The van der Waals surface area contributed by atoms with Gasteiger partial charge in [0.25, 0.3) is 20.2 Å². The summed E-state index contributed by atoms with van der Waals surface area (Å²) in [6.07, 6.45) is 0. The molecule has 2 N–H and O–H groups in total. The van der Waals surface area contributed by atoms with E-state index in [2.05, 4.69) is 22.6 Å². The number of hydrogen-bond donors (Lipinski definition) is 2. The van der Waals surface area contributed by atoms with Gasteiger partial charge in [0.05, 0.1) is 68.5 Å². The molecule has 8 aromatic rings. The predicted molar refractivity (Wildman–Crippen MR) is 320 cm³/mol. The summed E-state index contributed by atoms with van der Waals surface area (Å²) in [5.74, 6) is 0.0576. The summed E-state index contributed by atoms with van der Waals surface area (Å²) in [5.41, 5.74) is -1.78. The van der Waals surface area contributed by atoms with Gasteiger partial charge >= 0.3 is 0 Å². The fourth-order valence-electron chi connectivity index (χ4n) is 8.58. The van der Waals surface area contributed by atoms with Gasteiger partial charge in [0.1, 0.15) is 22.7 Å². The van der Waals surface area contributed by atoms with Crippen molar-refractivity contribution in [1.82, 2.24) is 0 Å². The topological polar surface area (TPSA) is 332 Å². The maximum Gasteiger partial charge on any atom is 0.294 e. The van der Waals surface area contributed by atoms with Crippen LogP contribution in [-0.4, -0.2) is 82.0 Å². The van der Waals surface area contributed by atoms with Crippen molar-refractivity contribution in [2.45, 2.75) is 125 Å². The third-order valence-corrected chi connectivity index (χ3v) is 26.1. The normalized spacial score (nSPS) is 13.6. The van der Waals surface area contributed by atoms with E-state index >= 15 is 8.42 Å². The van der Waals surface area contributed by atoms with Crippen LogP contribution in [0.15, 0.2) is 251 Å². The number of ether oxygens (including phenoxy) is 2. The molecule has 0 spiro atoms. The molecule has 0 aromatic heterocycles. The highest BCUT2D eigenvalue weighted by atomic mass is 127. The molecule has 1 unspecified atom stereocenters. The Morgan fingerprint density at radius 1 is 0.326 bits per heavy atom. The van der Waals surface area contributed by atoms with Gasteiger partial charge < -0.3 is 9.47 Å². The summed E-state index contributed by atoms with van der Waals surface area (Å²) in [5, 5.41) is 0. The van der Waals surface area contributed by atoms with E-state index in [0.29, 0.717) is 18.2 Å². The highest BCUT2D eigenvalue weighted by molar-refractivity contribution is 14.1. The van der Waals surface area contributed by atoms with Gasteiger partial charge in [-0.3, -0.25) is 9.11 Å². The lowest BCUT2D eigenvalue weighted by Crippen LogP contribution is -2.28. The van der Waals surface area contributed by atoms with Crippen LogP contribution in [0.3, 0.4) is 0 Å². The van der Waals surface area contributed by atoms with Crippen molar-refractivity contribution in [3.8, 4) is 11.5 Å². The molecule has 0 aliphatic rings. The summed E-state index contributed by atoms with van der Waals surface area (Å²) >= 11 is 2.21. The second-order valence-corrected chi connectivity index (χ2v) is 37.0. The van der Waals surface area contributed by atoms with Crippen molar-refractivity contribution in [3.63, 3.8) is 0 Å². The van der Waals surface area contributed by atoms with Gasteiger partial charge in [-0.05, 0) is 211 Å². The van der Waals surface area contributed by atoms with Crippen LogP contribution in [0.5, 0.6) is 11.5 Å². The first-order valence-corrected chi connectivity index (χ1v) is 38.0. The van der Waals surface area contributed by atoms with Crippen molar-refractivity contribution in [2.24, 2.45) is 0 Å². The van der Waals surface area contributed by atoms with Crippen molar-refractivity contribution >= 4 is 102 Å². The minimum absolute atomic E-state index is 0.0170. The first kappa shape index (κ1) is 65.6. The number of alkyl halides is 1. The minimum atomic E-state index is -5.19. The standard InChI is InChI=1S/C57H51IO20S8/c1-37(58)38-7-12-41(13-8-38)79(59,60)42-14-9-39(10-15-42)78-57(5,6)54-32-11-40(77-56(2,3)4)33-55(54)84(69,70)53-35-51(82(65,66)47-20-16-43(17-21-47)80(61,62)45-24-28-49(29-25-45)85(71,72)73)34-52(36-53)83(67,68)48-22-18-44(19-23-48)81(63,64)46-26-30-50(31-27-46)86(74,75)76/h7-37H,1-6H3,(H,71,72,73)(H,74,75,76). The van der Waals surface area contributed by atoms with Crippen molar-refractivity contribution in [3.05, 3.63) is 193 Å². The lowest BCUT2D eigenvalue weighted by Gasteiger charge is -2.30. The van der Waals surface area contributed by atoms with E-state index in [1.54, 1.807) is 32.9 Å². The Morgan fingerprint density at radius 2 is 0.581 bits per heavy atom. The smallest absolute Gasteiger partial charge is 0.294 e. The first-order valence-electron chi connectivity index (χ1n) is 24.9. The van der Waals surface area contributed by atoms with Crippen LogP contribution in [0.4, 0.5) is 0 Å². The maximum absolute atomic E-state index is 15.6. The Labute approximate surface area is 513 Å². The fraction of sp³-hybridized carbons (Fsp3) is 0.158. The predicted octanol–water partition coefficient (Wildman–Crippen LogP) is 10.2.